The molecular formula is C20H13N5O3S. The quantitative estimate of drug-likeness (QED) is 0.314. The van der Waals surface area contributed by atoms with Gasteiger partial charge in [0.25, 0.3) is 5.69 Å². The molecule has 0 spiro atoms. The Labute approximate surface area is 168 Å². The summed E-state index contributed by atoms with van der Waals surface area (Å²) < 4.78 is 7.64. The molecule has 0 aliphatic heterocycles. The number of fused-ring (bicyclic) bond motifs is 1. The third-order valence-corrected chi connectivity index (χ3v) is 5.33. The molecule has 5 rings (SSSR count). The van der Waals surface area contributed by atoms with Crippen molar-refractivity contribution < 1.29 is 9.34 Å². The minimum Gasteiger partial charge on any atom is -0.453 e. The Morgan fingerprint density at radius 1 is 1.00 bits per heavy atom. The summed E-state index contributed by atoms with van der Waals surface area (Å²) in [5.41, 5.74) is 1.78. The smallest absolute Gasteiger partial charge is 0.270 e. The van der Waals surface area contributed by atoms with E-state index in [1.54, 1.807) is 28.8 Å². The highest BCUT2D eigenvalue weighted by atomic mass is 32.1. The second kappa shape index (κ2) is 6.95. The van der Waals surface area contributed by atoms with Gasteiger partial charge in [-0.2, -0.15) is 4.52 Å². The topological polar surface area (TPSA) is 99.4 Å². The summed E-state index contributed by atoms with van der Waals surface area (Å²) in [6, 6.07) is 19.9. The van der Waals surface area contributed by atoms with Crippen LogP contribution in [-0.4, -0.2) is 24.7 Å². The first-order valence-electron chi connectivity index (χ1n) is 8.77. The standard InChI is InChI=1S/C20H13N5O3S/c26-25(27)15-8-4-7-14(12-15)16-9-10-17(28-16)19-23-24-18(21-22-20(24)29-19)11-13-5-2-1-3-6-13/h1-10,12H,11H2. The molecule has 0 aliphatic carbocycles. The SMILES string of the molecule is O=[N+]([O-])c1cccc(-c2ccc(-c3nn4c(Cc5ccccc5)nnc4s3)o2)c1. The van der Waals surface area contributed by atoms with E-state index in [2.05, 4.69) is 15.3 Å². The van der Waals surface area contributed by atoms with E-state index < -0.39 is 4.92 Å². The van der Waals surface area contributed by atoms with E-state index >= 15 is 0 Å². The second-order valence-corrected chi connectivity index (χ2v) is 7.31. The van der Waals surface area contributed by atoms with E-state index in [9.17, 15) is 10.1 Å². The molecule has 0 radical (unpaired) electrons. The van der Waals surface area contributed by atoms with E-state index in [-0.39, 0.29) is 5.69 Å². The van der Waals surface area contributed by atoms with E-state index in [0.717, 1.165) is 11.4 Å². The van der Waals surface area contributed by atoms with Crippen LogP contribution < -0.4 is 0 Å². The number of non-ortho nitro benzene ring substituents is 1. The minimum absolute atomic E-state index is 0.0183. The van der Waals surface area contributed by atoms with Gasteiger partial charge in [0, 0.05) is 24.1 Å². The summed E-state index contributed by atoms with van der Waals surface area (Å²) in [4.78, 5) is 11.2. The first-order valence-corrected chi connectivity index (χ1v) is 9.59. The van der Waals surface area contributed by atoms with Gasteiger partial charge in [0.2, 0.25) is 4.96 Å². The monoisotopic (exact) mass is 403 g/mol. The molecule has 29 heavy (non-hydrogen) atoms. The molecule has 142 valence electrons. The van der Waals surface area contributed by atoms with Crippen LogP contribution in [0.15, 0.2) is 71.1 Å². The summed E-state index contributed by atoms with van der Waals surface area (Å²) >= 11 is 1.37. The summed E-state index contributed by atoms with van der Waals surface area (Å²) in [5, 5.41) is 24.7. The van der Waals surface area contributed by atoms with Crippen LogP contribution in [0, 0.1) is 10.1 Å². The van der Waals surface area contributed by atoms with Crippen LogP contribution in [0.1, 0.15) is 11.4 Å². The lowest BCUT2D eigenvalue weighted by Crippen LogP contribution is -1.97. The maximum absolute atomic E-state index is 11.0. The molecule has 0 fully saturated rings. The van der Waals surface area contributed by atoms with Crippen molar-refractivity contribution in [3.05, 3.63) is 88.2 Å². The first kappa shape index (κ1) is 17.3. The molecule has 0 saturated carbocycles. The van der Waals surface area contributed by atoms with Gasteiger partial charge in [-0.3, -0.25) is 10.1 Å². The Hall–Kier alpha value is -3.85. The lowest BCUT2D eigenvalue weighted by Gasteiger charge is -1.97. The van der Waals surface area contributed by atoms with Crippen LogP contribution in [0.4, 0.5) is 5.69 Å². The van der Waals surface area contributed by atoms with Crippen LogP contribution in [0.5, 0.6) is 0 Å². The van der Waals surface area contributed by atoms with Crippen LogP contribution in [-0.2, 0) is 6.42 Å². The van der Waals surface area contributed by atoms with E-state index in [0.29, 0.717) is 33.5 Å². The number of benzene rings is 2. The molecule has 0 atom stereocenters. The highest BCUT2D eigenvalue weighted by molar-refractivity contribution is 7.19. The highest BCUT2D eigenvalue weighted by Gasteiger charge is 2.17. The maximum atomic E-state index is 11.0. The molecule has 2 aromatic carbocycles. The van der Waals surface area contributed by atoms with Crippen molar-refractivity contribution in [1.82, 2.24) is 19.8 Å². The van der Waals surface area contributed by atoms with Gasteiger partial charge in [0.15, 0.2) is 16.6 Å². The van der Waals surface area contributed by atoms with Crippen molar-refractivity contribution >= 4 is 22.0 Å². The number of furan rings is 1. The van der Waals surface area contributed by atoms with E-state index in [4.69, 9.17) is 4.42 Å². The van der Waals surface area contributed by atoms with Gasteiger partial charge in [0.05, 0.1) is 4.92 Å². The van der Waals surface area contributed by atoms with Crippen molar-refractivity contribution in [2.75, 3.05) is 0 Å². The summed E-state index contributed by atoms with van der Waals surface area (Å²) in [6.45, 7) is 0. The van der Waals surface area contributed by atoms with Crippen molar-refractivity contribution in [1.29, 1.82) is 0 Å². The second-order valence-electron chi connectivity index (χ2n) is 6.35. The van der Waals surface area contributed by atoms with Crippen molar-refractivity contribution in [3.8, 4) is 22.1 Å². The number of hydrogen-bond donors (Lipinski definition) is 0. The summed E-state index contributed by atoms with van der Waals surface area (Å²) in [6.07, 6.45) is 0.627. The third-order valence-electron chi connectivity index (χ3n) is 4.42. The molecule has 0 amide bonds. The van der Waals surface area contributed by atoms with Gasteiger partial charge in [0.1, 0.15) is 5.76 Å². The van der Waals surface area contributed by atoms with Crippen molar-refractivity contribution in [3.63, 3.8) is 0 Å². The number of nitrogens with zero attached hydrogens (tertiary/aromatic N) is 5. The fourth-order valence-electron chi connectivity index (χ4n) is 3.03. The predicted octanol–water partition coefficient (Wildman–Crippen LogP) is 4.61. The van der Waals surface area contributed by atoms with Crippen LogP contribution in [0.3, 0.4) is 0 Å². The van der Waals surface area contributed by atoms with E-state index in [1.165, 1.54) is 23.5 Å². The summed E-state index contributed by atoms with van der Waals surface area (Å²) in [5.74, 6) is 1.87. The number of aromatic nitrogens is 4. The molecule has 5 aromatic rings. The summed E-state index contributed by atoms with van der Waals surface area (Å²) in [7, 11) is 0. The Balaban J connectivity index is 1.46. The van der Waals surface area contributed by atoms with Gasteiger partial charge in [-0.1, -0.05) is 53.8 Å². The number of rotatable bonds is 5. The van der Waals surface area contributed by atoms with Crippen LogP contribution in [0.2, 0.25) is 0 Å². The van der Waals surface area contributed by atoms with Crippen molar-refractivity contribution in [2.45, 2.75) is 6.42 Å². The molecule has 0 N–H and O–H groups in total. The van der Waals surface area contributed by atoms with E-state index in [1.807, 2.05) is 30.3 Å². The molecule has 0 saturated heterocycles. The first-order chi connectivity index (χ1) is 14.2. The molecule has 3 aromatic heterocycles. The molecule has 9 heteroatoms. The fourth-order valence-corrected chi connectivity index (χ4v) is 3.85. The Morgan fingerprint density at radius 3 is 2.66 bits per heavy atom. The number of nitro benzene ring substituents is 1. The third kappa shape index (κ3) is 3.27. The van der Waals surface area contributed by atoms with Gasteiger partial charge >= 0.3 is 0 Å². The minimum atomic E-state index is -0.426. The maximum Gasteiger partial charge on any atom is 0.270 e. The fraction of sp³-hybridized carbons (Fsp3) is 0.0500. The lowest BCUT2D eigenvalue weighted by atomic mass is 10.1. The molecular weight excluding hydrogens is 390 g/mol. The molecule has 0 bridgehead atoms. The molecule has 3 heterocycles. The largest absolute Gasteiger partial charge is 0.453 e. The van der Waals surface area contributed by atoms with Crippen molar-refractivity contribution in [2.24, 2.45) is 0 Å². The van der Waals surface area contributed by atoms with Crippen LogP contribution >= 0.6 is 11.3 Å². The zero-order chi connectivity index (χ0) is 19.8. The zero-order valence-corrected chi connectivity index (χ0v) is 15.7. The zero-order valence-electron chi connectivity index (χ0n) is 14.9. The highest BCUT2D eigenvalue weighted by Crippen LogP contribution is 2.32. The van der Waals surface area contributed by atoms with Crippen LogP contribution in [0.25, 0.3) is 27.1 Å². The van der Waals surface area contributed by atoms with Gasteiger partial charge in [-0.05, 0) is 17.7 Å². The Kier molecular flexibility index (Phi) is 4.14. The van der Waals surface area contributed by atoms with Gasteiger partial charge < -0.3 is 4.42 Å². The molecule has 0 aliphatic rings. The number of hydrogen-bond acceptors (Lipinski definition) is 7. The van der Waals surface area contributed by atoms with Gasteiger partial charge in [-0.15, -0.1) is 15.3 Å². The normalized spacial score (nSPS) is 11.2. The number of nitro groups is 1. The van der Waals surface area contributed by atoms with Gasteiger partial charge in [-0.25, -0.2) is 0 Å². The Morgan fingerprint density at radius 2 is 1.83 bits per heavy atom. The molecule has 8 nitrogen and oxygen atoms in total. The predicted molar refractivity (Wildman–Crippen MR) is 108 cm³/mol. The average molecular weight is 403 g/mol. The average Bonchev–Trinajstić information content (AvgIpc) is 3.46. The lowest BCUT2D eigenvalue weighted by molar-refractivity contribution is -0.384. The molecule has 0 unspecified atom stereocenters. The Bertz CT molecular complexity index is 1320.